The zero-order chi connectivity index (χ0) is 20.1. The number of ether oxygens (including phenoxy) is 1. The highest BCUT2D eigenvalue weighted by molar-refractivity contribution is 5.95. The van der Waals surface area contributed by atoms with E-state index >= 15 is 0 Å². The second-order valence-corrected chi connectivity index (χ2v) is 7.57. The fourth-order valence-electron chi connectivity index (χ4n) is 4.10. The van der Waals surface area contributed by atoms with Crippen molar-refractivity contribution in [3.05, 3.63) is 65.7 Å². The number of piperidine rings is 1. The Morgan fingerprint density at radius 1 is 1.07 bits per heavy atom. The fraction of sp³-hybridized carbons (Fsp3) is 0.391. The number of nitrogens with one attached hydrogen (secondary N) is 1. The van der Waals surface area contributed by atoms with Crippen molar-refractivity contribution < 1.29 is 14.3 Å². The van der Waals surface area contributed by atoms with E-state index in [1.807, 2.05) is 64.4 Å². The number of amides is 2. The molecule has 160 valence electrons. The summed E-state index contributed by atoms with van der Waals surface area (Å²) >= 11 is 0. The summed E-state index contributed by atoms with van der Waals surface area (Å²) in [6, 6.07) is 17.3. The maximum Gasteiger partial charge on any atom is 0.254 e. The topological polar surface area (TPSA) is 61.9 Å². The summed E-state index contributed by atoms with van der Waals surface area (Å²) in [5.41, 5.74) is 1.55. The molecular formula is C23H28ClN3O3. The van der Waals surface area contributed by atoms with Gasteiger partial charge in [-0.2, -0.15) is 0 Å². The number of hydrogen-bond acceptors (Lipinski definition) is 4. The average Bonchev–Trinajstić information content (AvgIpc) is 2.78. The number of hydrogen-bond donors (Lipinski definition) is 1. The quantitative estimate of drug-likeness (QED) is 0.793. The van der Waals surface area contributed by atoms with Crippen LogP contribution in [0.4, 0.5) is 0 Å². The Balaban J connectivity index is 0.00000256. The molecule has 0 spiro atoms. The monoisotopic (exact) mass is 429 g/mol. The highest BCUT2D eigenvalue weighted by Crippen LogP contribution is 2.21. The molecule has 1 unspecified atom stereocenters. The van der Waals surface area contributed by atoms with Gasteiger partial charge in [0.05, 0.1) is 6.54 Å². The normalized spacial score (nSPS) is 19.2. The van der Waals surface area contributed by atoms with Crippen LogP contribution in [0.5, 0.6) is 5.75 Å². The number of halogens is 1. The van der Waals surface area contributed by atoms with Gasteiger partial charge in [0.25, 0.3) is 5.91 Å². The van der Waals surface area contributed by atoms with Crippen LogP contribution in [0.3, 0.4) is 0 Å². The molecule has 2 amide bonds. The molecule has 0 aliphatic carbocycles. The molecule has 2 heterocycles. The maximum absolute atomic E-state index is 13.3. The van der Waals surface area contributed by atoms with Gasteiger partial charge >= 0.3 is 0 Å². The predicted molar refractivity (Wildman–Crippen MR) is 118 cm³/mol. The highest BCUT2D eigenvalue weighted by atomic mass is 35.5. The van der Waals surface area contributed by atoms with Crippen LogP contribution in [0.2, 0.25) is 0 Å². The van der Waals surface area contributed by atoms with Crippen molar-refractivity contribution in [1.29, 1.82) is 0 Å². The van der Waals surface area contributed by atoms with Crippen molar-refractivity contribution in [1.82, 2.24) is 15.1 Å². The van der Waals surface area contributed by atoms with Gasteiger partial charge in [0, 0.05) is 43.3 Å². The number of para-hydroxylation sites is 1. The van der Waals surface area contributed by atoms with Crippen LogP contribution in [-0.4, -0.2) is 60.4 Å². The van der Waals surface area contributed by atoms with E-state index < -0.39 is 0 Å². The van der Waals surface area contributed by atoms with Crippen LogP contribution < -0.4 is 10.1 Å². The van der Waals surface area contributed by atoms with E-state index in [2.05, 4.69) is 5.32 Å². The maximum atomic E-state index is 13.3. The zero-order valence-corrected chi connectivity index (χ0v) is 17.8. The minimum absolute atomic E-state index is 0. The lowest BCUT2D eigenvalue weighted by molar-refractivity contribution is -0.135. The third kappa shape index (κ3) is 5.12. The molecule has 0 aromatic heterocycles. The Hall–Kier alpha value is -2.57. The summed E-state index contributed by atoms with van der Waals surface area (Å²) in [4.78, 5) is 29.4. The summed E-state index contributed by atoms with van der Waals surface area (Å²) < 4.78 is 5.87. The SMILES string of the molecule is Cl.O=C(c1ccccc1COc1ccccc1)N1CCCC(N2CCNCC2=O)C1. The van der Waals surface area contributed by atoms with E-state index in [1.165, 1.54) is 0 Å². The summed E-state index contributed by atoms with van der Waals surface area (Å²) in [6.07, 6.45) is 1.87. The van der Waals surface area contributed by atoms with E-state index in [-0.39, 0.29) is 30.3 Å². The van der Waals surface area contributed by atoms with E-state index in [9.17, 15) is 9.59 Å². The number of likely N-dealkylation sites (tertiary alicyclic amines) is 1. The number of carbonyl (C=O) groups excluding carboxylic acids is 2. The van der Waals surface area contributed by atoms with Crippen molar-refractivity contribution in [3.63, 3.8) is 0 Å². The third-order valence-corrected chi connectivity index (χ3v) is 5.64. The molecule has 7 heteroatoms. The summed E-state index contributed by atoms with van der Waals surface area (Å²) in [5.74, 6) is 0.932. The van der Waals surface area contributed by atoms with E-state index in [0.29, 0.717) is 31.8 Å². The van der Waals surface area contributed by atoms with Crippen LogP contribution in [0.1, 0.15) is 28.8 Å². The molecular weight excluding hydrogens is 402 g/mol. The van der Waals surface area contributed by atoms with Gasteiger partial charge in [-0.3, -0.25) is 9.59 Å². The molecule has 2 fully saturated rings. The summed E-state index contributed by atoms with van der Waals surface area (Å²) in [7, 11) is 0. The lowest BCUT2D eigenvalue weighted by atomic mass is 10.0. The molecule has 1 N–H and O–H groups in total. The molecule has 2 aromatic rings. The van der Waals surface area contributed by atoms with Crippen molar-refractivity contribution in [3.8, 4) is 5.75 Å². The van der Waals surface area contributed by atoms with Gasteiger partial charge in [0.2, 0.25) is 5.91 Å². The number of benzene rings is 2. The molecule has 0 saturated carbocycles. The minimum atomic E-state index is 0. The van der Waals surface area contributed by atoms with Gasteiger partial charge in [-0.15, -0.1) is 12.4 Å². The lowest BCUT2D eigenvalue weighted by Gasteiger charge is -2.41. The van der Waals surface area contributed by atoms with Crippen molar-refractivity contribution in [2.75, 3.05) is 32.7 Å². The predicted octanol–water partition coefficient (Wildman–Crippen LogP) is 2.72. The zero-order valence-electron chi connectivity index (χ0n) is 17.0. The van der Waals surface area contributed by atoms with Crippen LogP contribution in [0.25, 0.3) is 0 Å². The van der Waals surface area contributed by atoms with Gasteiger partial charge in [-0.25, -0.2) is 0 Å². The third-order valence-electron chi connectivity index (χ3n) is 5.64. The molecule has 1 atom stereocenters. The number of nitrogens with zero attached hydrogens (tertiary/aromatic N) is 2. The van der Waals surface area contributed by atoms with E-state index in [0.717, 1.165) is 37.2 Å². The first-order valence-corrected chi connectivity index (χ1v) is 10.3. The summed E-state index contributed by atoms with van der Waals surface area (Å²) in [5, 5.41) is 3.11. The van der Waals surface area contributed by atoms with E-state index in [1.54, 1.807) is 0 Å². The van der Waals surface area contributed by atoms with Gasteiger partial charge < -0.3 is 19.9 Å². The number of rotatable bonds is 5. The fourth-order valence-corrected chi connectivity index (χ4v) is 4.10. The molecule has 0 bridgehead atoms. The second kappa shape index (κ2) is 10.5. The molecule has 30 heavy (non-hydrogen) atoms. The molecule has 2 aliphatic heterocycles. The van der Waals surface area contributed by atoms with E-state index in [4.69, 9.17) is 4.74 Å². The first-order valence-electron chi connectivity index (χ1n) is 10.3. The van der Waals surface area contributed by atoms with Crippen molar-refractivity contribution in [2.24, 2.45) is 0 Å². The molecule has 2 aliphatic rings. The average molecular weight is 430 g/mol. The lowest BCUT2D eigenvalue weighted by Crippen LogP contribution is -2.57. The Morgan fingerprint density at radius 3 is 2.63 bits per heavy atom. The highest BCUT2D eigenvalue weighted by Gasteiger charge is 2.32. The Bertz CT molecular complexity index is 862. The largest absolute Gasteiger partial charge is 0.489 e. The smallest absolute Gasteiger partial charge is 0.254 e. The standard InChI is InChI=1S/C23H27N3O3.ClH/c27-22-15-24-12-14-26(22)19-8-6-13-25(16-19)23(28)21-11-5-4-7-18(21)17-29-20-9-2-1-3-10-20;/h1-5,7,9-11,19,24H,6,8,12-17H2;1H. The molecule has 2 saturated heterocycles. The molecule has 0 radical (unpaired) electrons. The van der Waals surface area contributed by atoms with Crippen LogP contribution in [-0.2, 0) is 11.4 Å². The van der Waals surface area contributed by atoms with Crippen LogP contribution in [0, 0.1) is 0 Å². The molecule has 6 nitrogen and oxygen atoms in total. The number of carbonyl (C=O) groups is 2. The first-order chi connectivity index (χ1) is 14.2. The minimum Gasteiger partial charge on any atom is -0.489 e. The van der Waals surface area contributed by atoms with Gasteiger partial charge in [0.1, 0.15) is 12.4 Å². The molecule has 4 rings (SSSR count). The van der Waals surface area contributed by atoms with Gasteiger partial charge in [-0.1, -0.05) is 36.4 Å². The van der Waals surface area contributed by atoms with Crippen LogP contribution in [0.15, 0.2) is 54.6 Å². The van der Waals surface area contributed by atoms with Gasteiger partial charge in [0.15, 0.2) is 0 Å². The Morgan fingerprint density at radius 2 is 1.83 bits per heavy atom. The Labute approximate surface area is 183 Å². The van der Waals surface area contributed by atoms with Crippen molar-refractivity contribution in [2.45, 2.75) is 25.5 Å². The van der Waals surface area contributed by atoms with Gasteiger partial charge in [-0.05, 0) is 31.0 Å². The number of piperazine rings is 1. The summed E-state index contributed by atoms with van der Waals surface area (Å²) in [6.45, 7) is 3.59. The second-order valence-electron chi connectivity index (χ2n) is 7.57. The van der Waals surface area contributed by atoms with Crippen molar-refractivity contribution >= 4 is 24.2 Å². The first kappa shape index (κ1) is 22.1. The molecule has 2 aromatic carbocycles. The Kier molecular flexibility index (Phi) is 7.71. The van der Waals surface area contributed by atoms with Crippen LogP contribution >= 0.6 is 12.4 Å².